The minimum Gasteiger partial charge on any atom is -0.384 e. The highest BCUT2D eigenvalue weighted by Gasteiger charge is 2.28. The number of halogens is 1. The van der Waals surface area contributed by atoms with Gasteiger partial charge in [0.1, 0.15) is 5.82 Å². The molecule has 0 aliphatic carbocycles. The second-order valence-corrected chi connectivity index (χ2v) is 5.91. The van der Waals surface area contributed by atoms with Crippen molar-refractivity contribution in [2.24, 2.45) is 0 Å². The molecule has 0 spiro atoms. The highest BCUT2D eigenvalue weighted by atomic mass is 19.1. The zero-order valence-corrected chi connectivity index (χ0v) is 11.9. The summed E-state index contributed by atoms with van der Waals surface area (Å²) >= 11 is 0. The molecule has 3 rings (SSSR count). The van der Waals surface area contributed by atoms with Gasteiger partial charge in [-0.2, -0.15) is 0 Å². The van der Waals surface area contributed by atoms with Gasteiger partial charge in [0, 0.05) is 37.4 Å². The zero-order chi connectivity index (χ0) is 13.6. The Bertz CT molecular complexity index is 477. The Morgan fingerprint density at radius 2 is 1.89 bits per heavy atom. The van der Waals surface area contributed by atoms with Crippen LogP contribution in [0.4, 0.5) is 15.8 Å². The third kappa shape index (κ3) is 2.18. The molecule has 1 N–H and O–H groups in total. The summed E-state index contributed by atoms with van der Waals surface area (Å²) in [5.74, 6) is -0.0774. The second kappa shape index (κ2) is 4.67. The predicted molar refractivity (Wildman–Crippen MR) is 77.5 cm³/mol. The van der Waals surface area contributed by atoms with E-state index < -0.39 is 0 Å². The number of hydrogen-bond donors (Lipinski definition) is 1. The molecule has 0 saturated carbocycles. The summed E-state index contributed by atoms with van der Waals surface area (Å²) in [4.78, 5) is 4.55. The van der Waals surface area contributed by atoms with Crippen LogP contribution in [0, 0.1) is 5.82 Å². The third-order valence-electron chi connectivity index (χ3n) is 4.58. The molecule has 0 aromatic heterocycles. The number of anilines is 2. The molecule has 2 atom stereocenters. The van der Waals surface area contributed by atoms with Crippen molar-refractivity contribution in [3.8, 4) is 0 Å². The number of piperazine rings is 1. The van der Waals surface area contributed by atoms with E-state index in [1.54, 1.807) is 6.07 Å². The van der Waals surface area contributed by atoms with Gasteiger partial charge in [0.2, 0.25) is 0 Å². The fourth-order valence-corrected chi connectivity index (χ4v) is 3.15. The van der Waals surface area contributed by atoms with E-state index in [1.165, 1.54) is 0 Å². The molecule has 0 bridgehead atoms. The SMILES string of the molecule is CC1CN(c2cc3c(cc2F)CCN3)CC(C)N1C. The summed E-state index contributed by atoms with van der Waals surface area (Å²) in [5, 5.41) is 3.33. The average molecular weight is 263 g/mol. The smallest absolute Gasteiger partial charge is 0.146 e. The molecule has 1 fully saturated rings. The van der Waals surface area contributed by atoms with E-state index in [9.17, 15) is 4.39 Å². The number of nitrogens with zero attached hydrogens (tertiary/aromatic N) is 2. The molecule has 2 aliphatic heterocycles. The van der Waals surface area contributed by atoms with Crippen LogP contribution in [0.3, 0.4) is 0 Å². The second-order valence-electron chi connectivity index (χ2n) is 5.91. The van der Waals surface area contributed by atoms with E-state index >= 15 is 0 Å². The van der Waals surface area contributed by atoms with E-state index in [0.717, 1.165) is 43.0 Å². The fraction of sp³-hybridized carbons (Fsp3) is 0.600. The van der Waals surface area contributed by atoms with Gasteiger partial charge in [-0.25, -0.2) is 4.39 Å². The summed E-state index contributed by atoms with van der Waals surface area (Å²) in [6.45, 7) is 7.10. The number of nitrogens with one attached hydrogen (secondary N) is 1. The Balaban J connectivity index is 1.90. The minimum atomic E-state index is -0.0774. The summed E-state index contributed by atoms with van der Waals surface area (Å²) < 4.78 is 14.3. The average Bonchev–Trinajstić information content (AvgIpc) is 2.81. The van der Waals surface area contributed by atoms with Crippen LogP contribution in [0.5, 0.6) is 0 Å². The maximum Gasteiger partial charge on any atom is 0.146 e. The van der Waals surface area contributed by atoms with Crippen molar-refractivity contribution in [3.05, 3.63) is 23.5 Å². The van der Waals surface area contributed by atoms with Crippen LogP contribution in [0.15, 0.2) is 12.1 Å². The fourth-order valence-electron chi connectivity index (χ4n) is 3.15. The molecule has 1 aromatic carbocycles. The number of benzene rings is 1. The molecule has 1 aromatic rings. The molecule has 3 nitrogen and oxygen atoms in total. The summed E-state index contributed by atoms with van der Waals surface area (Å²) in [6, 6.07) is 4.59. The molecule has 4 heteroatoms. The lowest BCUT2D eigenvalue weighted by atomic mass is 10.1. The molecule has 104 valence electrons. The van der Waals surface area contributed by atoms with Gasteiger partial charge in [-0.3, -0.25) is 4.90 Å². The van der Waals surface area contributed by atoms with Crippen molar-refractivity contribution in [1.29, 1.82) is 0 Å². The van der Waals surface area contributed by atoms with Gasteiger partial charge in [0.05, 0.1) is 5.69 Å². The maximum absolute atomic E-state index is 14.3. The number of likely N-dealkylation sites (N-methyl/N-ethyl adjacent to an activating group) is 1. The van der Waals surface area contributed by atoms with Crippen molar-refractivity contribution in [3.63, 3.8) is 0 Å². The minimum absolute atomic E-state index is 0.0774. The Kier molecular flexibility index (Phi) is 3.13. The Labute approximate surface area is 114 Å². The quantitative estimate of drug-likeness (QED) is 0.839. The number of hydrogen-bond acceptors (Lipinski definition) is 3. The predicted octanol–water partition coefficient (Wildman–Crippen LogP) is 2.32. The van der Waals surface area contributed by atoms with Gasteiger partial charge in [-0.15, -0.1) is 0 Å². The lowest BCUT2D eigenvalue weighted by Gasteiger charge is -2.43. The van der Waals surface area contributed by atoms with Crippen LogP contribution in [0.2, 0.25) is 0 Å². The molecule has 2 heterocycles. The summed E-state index contributed by atoms with van der Waals surface area (Å²) in [5.41, 5.74) is 2.96. The van der Waals surface area contributed by atoms with Crippen molar-refractivity contribution in [1.82, 2.24) is 4.90 Å². The van der Waals surface area contributed by atoms with Crippen molar-refractivity contribution >= 4 is 11.4 Å². The van der Waals surface area contributed by atoms with Gasteiger partial charge in [0.25, 0.3) is 0 Å². The Hall–Kier alpha value is -1.29. The first-order valence-corrected chi connectivity index (χ1v) is 7.09. The number of rotatable bonds is 1. The molecule has 2 unspecified atom stereocenters. The normalized spacial score (nSPS) is 27.3. The van der Waals surface area contributed by atoms with Crippen LogP contribution >= 0.6 is 0 Å². The highest BCUT2D eigenvalue weighted by Crippen LogP contribution is 2.32. The molecule has 19 heavy (non-hydrogen) atoms. The first-order valence-electron chi connectivity index (χ1n) is 7.09. The molecular formula is C15H22FN3. The van der Waals surface area contributed by atoms with Gasteiger partial charge in [0.15, 0.2) is 0 Å². The molecule has 2 aliphatic rings. The van der Waals surface area contributed by atoms with Crippen LogP contribution in [-0.2, 0) is 6.42 Å². The topological polar surface area (TPSA) is 18.5 Å². The monoisotopic (exact) mass is 263 g/mol. The van der Waals surface area contributed by atoms with E-state index in [1.807, 2.05) is 6.07 Å². The van der Waals surface area contributed by atoms with Gasteiger partial charge >= 0.3 is 0 Å². The lowest BCUT2D eigenvalue weighted by Crippen LogP contribution is -2.55. The van der Waals surface area contributed by atoms with Crippen LogP contribution in [-0.4, -0.2) is 43.7 Å². The van der Waals surface area contributed by atoms with Crippen LogP contribution in [0.1, 0.15) is 19.4 Å². The Morgan fingerprint density at radius 3 is 2.58 bits per heavy atom. The van der Waals surface area contributed by atoms with Gasteiger partial charge in [-0.05, 0) is 45.0 Å². The Morgan fingerprint density at radius 1 is 1.21 bits per heavy atom. The van der Waals surface area contributed by atoms with Crippen LogP contribution in [0.25, 0.3) is 0 Å². The van der Waals surface area contributed by atoms with E-state index in [0.29, 0.717) is 12.1 Å². The zero-order valence-electron chi connectivity index (χ0n) is 11.9. The lowest BCUT2D eigenvalue weighted by molar-refractivity contribution is 0.169. The van der Waals surface area contributed by atoms with E-state index in [2.05, 4.69) is 36.0 Å². The molecule has 0 radical (unpaired) electrons. The first-order chi connectivity index (χ1) is 9.06. The van der Waals surface area contributed by atoms with Crippen LogP contribution < -0.4 is 10.2 Å². The number of fused-ring (bicyclic) bond motifs is 1. The van der Waals surface area contributed by atoms with Crippen molar-refractivity contribution in [2.45, 2.75) is 32.4 Å². The van der Waals surface area contributed by atoms with E-state index in [4.69, 9.17) is 0 Å². The maximum atomic E-state index is 14.3. The first kappa shape index (κ1) is 12.7. The van der Waals surface area contributed by atoms with E-state index in [-0.39, 0.29) is 5.82 Å². The summed E-state index contributed by atoms with van der Waals surface area (Å²) in [7, 11) is 2.15. The third-order valence-corrected chi connectivity index (χ3v) is 4.58. The molecule has 0 amide bonds. The van der Waals surface area contributed by atoms with Gasteiger partial charge in [-0.1, -0.05) is 0 Å². The molecular weight excluding hydrogens is 241 g/mol. The molecule has 1 saturated heterocycles. The summed E-state index contributed by atoms with van der Waals surface area (Å²) in [6.07, 6.45) is 0.933. The van der Waals surface area contributed by atoms with Crippen molar-refractivity contribution < 1.29 is 4.39 Å². The standard InChI is InChI=1S/C15H22FN3/c1-10-8-19(9-11(2)18(10)3)15-7-14-12(4-5-17-14)6-13(15)16/h6-7,10-11,17H,4-5,8-9H2,1-3H3. The van der Waals surface area contributed by atoms with Gasteiger partial charge < -0.3 is 10.2 Å². The van der Waals surface area contributed by atoms with Crippen molar-refractivity contribution in [2.75, 3.05) is 36.9 Å². The highest BCUT2D eigenvalue weighted by molar-refractivity contribution is 5.65. The largest absolute Gasteiger partial charge is 0.384 e.